The van der Waals surface area contributed by atoms with Gasteiger partial charge in [-0.3, -0.25) is 0 Å². The summed E-state index contributed by atoms with van der Waals surface area (Å²) in [4.78, 5) is 0. The lowest BCUT2D eigenvalue weighted by Crippen LogP contribution is -2.35. The van der Waals surface area contributed by atoms with Gasteiger partial charge in [-0.25, -0.2) is 0 Å². The molecule has 0 aliphatic carbocycles. The minimum absolute atomic E-state index is 0.219. The summed E-state index contributed by atoms with van der Waals surface area (Å²) in [6, 6.07) is 6.00. The van der Waals surface area contributed by atoms with Gasteiger partial charge in [-0.2, -0.15) is 0 Å². The lowest BCUT2D eigenvalue weighted by molar-refractivity contribution is 0.104. The van der Waals surface area contributed by atoms with Crippen molar-refractivity contribution in [1.82, 2.24) is 5.32 Å². The van der Waals surface area contributed by atoms with Gasteiger partial charge >= 0.3 is 0 Å². The zero-order valence-corrected chi connectivity index (χ0v) is 13.1. The molecule has 0 radical (unpaired) electrons. The van der Waals surface area contributed by atoms with Gasteiger partial charge in [0.1, 0.15) is 18.5 Å². The van der Waals surface area contributed by atoms with Crippen molar-refractivity contribution in [2.24, 2.45) is 0 Å². The minimum Gasteiger partial charge on any atom is -0.489 e. The van der Waals surface area contributed by atoms with Crippen LogP contribution in [0.1, 0.15) is 19.4 Å². The Hall–Kier alpha value is -0.810. The van der Waals surface area contributed by atoms with Crippen LogP contribution in [0, 0.1) is 0 Å². The van der Waals surface area contributed by atoms with E-state index in [-0.39, 0.29) is 6.61 Å². The number of ether oxygens (including phenoxy) is 2. The van der Waals surface area contributed by atoms with Gasteiger partial charge in [-0.1, -0.05) is 31.5 Å². The van der Waals surface area contributed by atoms with Crippen molar-refractivity contribution in [3.8, 4) is 5.75 Å². The molecule has 20 heavy (non-hydrogen) atoms. The Bertz CT molecular complexity index is 399. The minimum atomic E-state index is -0.554. The Balaban J connectivity index is 2.43. The van der Waals surface area contributed by atoms with E-state index in [0.717, 1.165) is 12.0 Å². The molecule has 2 N–H and O–H groups in total. The molecule has 0 heterocycles. The standard InChI is InChI=1S/C15H24ClNO3/c1-11(2)17-9-13(18)10-20-15-5-4-12(6-7-19-3)8-14(15)16/h4-5,8,11,13,17-18H,6-7,9-10H2,1-3H3. The molecule has 0 saturated carbocycles. The fourth-order valence-electron chi connectivity index (χ4n) is 1.65. The van der Waals surface area contributed by atoms with Crippen LogP contribution in [0.4, 0.5) is 0 Å². The molecule has 0 saturated heterocycles. The first kappa shape index (κ1) is 17.2. The molecule has 1 aromatic carbocycles. The van der Waals surface area contributed by atoms with E-state index in [4.69, 9.17) is 21.1 Å². The second-order valence-corrected chi connectivity index (χ2v) is 5.44. The largest absolute Gasteiger partial charge is 0.489 e. The quantitative estimate of drug-likeness (QED) is 0.735. The molecule has 1 atom stereocenters. The van der Waals surface area contributed by atoms with Crippen molar-refractivity contribution < 1.29 is 14.6 Å². The Kier molecular flexibility index (Phi) is 7.92. The number of rotatable bonds is 9. The van der Waals surface area contributed by atoms with Crippen LogP contribution in [-0.4, -0.2) is 44.1 Å². The molecule has 0 aliphatic rings. The molecule has 114 valence electrons. The third kappa shape index (κ3) is 6.57. The fourth-order valence-corrected chi connectivity index (χ4v) is 1.91. The van der Waals surface area contributed by atoms with Crippen LogP contribution in [0.2, 0.25) is 5.02 Å². The number of halogens is 1. The molecular formula is C15H24ClNO3. The topological polar surface area (TPSA) is 50.7 Å². The van der Waals surface area contributed by atoms with E-state index in [1.54, 1.807) is 7.11 Å². The number of methoxy groups -OCH3 is 1. The summed E-state index contributed by atoms with van der Waals surface area (Å²) in [7, 11) is 1.67. The predicted molar refractivity (Wildman–Crippen MR) is 81.7 cm³/mol. The van der Waals surface area contributed by atoms with Crippen LogP contribution in [0.15, 0.2) is 18.2 Å². The average Bonchev–Trinajstić information content (AvgIpc) is 2.41. The third-order valence-electron chi connectivity index (χ3n) is 2.78. The molecule has 1 aromatic rings. The highest BCUT2D eigenvalue weighted by Gasteiger charge is 2.08. The van der Waals surface area contributed by atoms with Gasteiger partial charge in [0, 0.05) is 19.7 Å². The van der Waals surface area contributed by atoms with Crippen LogP contribution in [0.3, 0.4) is 0 Å². The summed E-state index contributed by atoms with van der Waals surface area (Å²) >= 11 is 6.16. The summed E-state index contributed by atoms with van der Waals surface area (Å²) in [5.41, 5.74) is 1.10. The second kappa shape index (κ2) is 9.19. The molecule has 0 bridgehead atoms. The van der Waals surface area contributed by atoms with Crippen LogP contribution < -0.4 is 10.1 Å². The number of hydrogen-bond donors (Lipinski definition) is 2. The van der Waals surface area contributed by atoms with E-state index >= 15 is 0 Å². The second-order valence-electron chi connectivity index (χ2n) is 5.04. The smallest absolute Gasteiger partial charge is 0.138 e. The summed E-state index contributed by atoms with van der Waals surface area (Å²) < 4.78 is 10.6. The summed E-state index contributed by atoms with van der Waals surface area (Å²) in [5, 5.41) is 13.5. The van der Waals surface area contributed by atoms with Gasteiger partial charge < -0.3 is 19.9 Å². The summed E-state index contributed by atoms with van der Waals surface area (Å²) in [6.07, 6.45) is 0.263. The van der Waals surface area contributed by atoms with Gasteiger partial charge in [0.25, 0.3) is 0 Å². The van der Waals surface area contributed by atoms with Crippen molar-refractivity contribution in [3.05, 3.63) is 28.8 Å². The maximum Gasteiger partial charge on any atom is 0.138 e. The SMILES string of the molecule is COCCc1ccc(OCC(O)CNC(C)C)c(Cl)c1. The van der Waals surface area contributed by atoms with E-state index in [1.807, 2.05) is 32.0 Å². The fraction of sp³-hybridized carbons (Fsp3) is 0.600. The van der Waals surface area contributed by atoms with Crippen molar-refractivity contribution in [3.63, 3.8) is 0 Å². The number of aliphatic hydroxyl groups is 1. The molecule has 0 fully saturated rings. The molecule has 1 rings (SSSR count). The van der Waals surface area contributed by atoms with Gasteiger partial charge in [-0.05, 0) is 24.1 Å². The molecule has 0 aliphatic heterocycles. The number of aliphatic hydroxyl groups excluding tert-OH is 1. The van der Waals surface area contributed by atoms with Crippen molar-refractivity contribution >= 4 is 11.6 Å². The first-order chi connectivity index (χ1) is 9.52. The molecule has 0 spiro atoms. The van der Waals surface area contributed by atoms with Crippen molar-refractivity contribution in [2.45, 2.75) is 32.4 Å². The van der Waals surface area contributed by atoms with Crippen LogP contribution >= 0.6 is 11.6 Å². The highest BCUT2D eigenvalue weighted by atomic mass is 35.5. The normalized spacial score (nSPS) is 12.7. The summed E-state index contributed by atoms with van der Waals surface area (Å²) in [5.74, 6) is 0.594. The number of hydrogen-bond acceptors (Lipinski definition) is 4. The van der Waals surface area contributed by atoms with Gasteiger partial charge in [0.15, 0.2) is 0 Å². The summed E-state index contributed by atoms with van der Waals surface area (Å²) in [6.45, 7) is 5.44. The van der Waals surface area contributed by atoms with E-state index in [0.29, 0.717) is 30.0 Å². The molecule has 0 aromatic heterocycles. The highest BCUT2D eigenvalue weighted by Crippen LogP contribution is 2.25. The molecule has 1 unspecified atom stereocenters. The Morgan fingerprint density at radius 2 is 2.10 bits per heavy atom. The van der Waals surface area contributed by atoms with Crippen molar-refractivity contribution in [1.29, 1.82) is 0 Å². The van der Waals surface area contributed by atoms with E-state index in [2.05, 4.69) is 5.32 Å². The monoisotopic (exact) mass is 301 g/mol. The van der Waals surface area contributed by atoms with Gasteiger partial charge in [0.05, 0.1) is 11.6 Å². The predicted octanol–water partition coefficient (Wildman–Crippen LogP) is 2.27. The molecule has 4 nitrogen and oxygen atoms in total. The zero-order chi connectivity index (χ0) is 15.0. The third-order valence-corrected chi connectivity index (χ3v) is 3.08. The number of benzene rings is 1. The van der Waals surface area contributed by atoms with E-state index in [1.165, 1.54) is 0 Å². The lowest BCUT2D eigenvalue weighted by Gasteiger charge is -2.16. The first-order valence-corrected chi connectivity index (χ1v) is 7.22. The maximum atomic E-state index is 9.77. The number of nitrogens with one attached hydrogen (secondary N) is 1. The molecule has 5 heteroatoms. The van der Waals surface area contributed by atoms with Gasteiger partial charge in [-0.15, -0.1) is 0 Å². The maximum absolute atomic E-state index is 9.77. The zero-order valence-electron chi connectivity index (χ0n) is 12.4. The average molecular weight is 302 g/mol. The Labute approximate surface area is 126 Å². The molecular weight excluding hydrogens is 278 g/mol. The van der Waals surface area contributed by atoms with E-state index in [9.17, 15) is 5.11 Å². The Morgan fingerprint density at radius 3 is 2.70 bits per heavy atom. The van der Waals surface area contributed by atoms with E-state index < -0.39 is 6.10 Å². The van der Waals surface area contributed by atoms with Crippen LogP contribution in [0.5, 0.6) is 5.75 Å². The van der Waals surface area contributed by atoms with Crippen LogP contribution in [-0.2, 0) is 11.2 Å². The lowest BCUT2D eigenvalue weighted by atomic mass is 10.1. The first-order valence-electron chi connectivity index (χ1n) is 6.84. The molecule has 0 amide bonds. The highest BCUT2D eigenvalue weighted by molar-refractivity contribution is 6.32. The van der Waals surface area contributed by atoms with Gasteiger partial charge in [0.2, 0.25) is 0 Å². The van der Waals surface area contributed by atoms with Crippen LogP contribution in [0.25, 0.3) is 0 Å². The Morgan fingerprint density at radius 1 is 1.35 bits per heavy atom. The van der Waals surface area contributed by atoms with Crippen molar-refractivity contribution in [2.75, 3.05) is 26.9 Å².